The lowest BCUT2D eigenvalue weighted by molar-refractivity contribution is 0.0801. The summed E-state index contributed by atoms with van der Waals surface area (Å²) in [5.74, 6) is 0.298. The zero-order chi connectivity index (χ0) is 14.4. The van der Waals surface area contributed by atoms with E-state index in [0.29, 0.717) is 11.5 Å². The van der Waals surface area contributed by atoms with Gasteiger partial charge in [-0.1, -0.05) is 37.5 Å². The second-order valence-electron chi connectivity index (χ2n) is 5.47. The minimum atomic E-state index is -0.902. The highest BCUT2D eigenvalue weighted by Crippen LogP contribution is 2.34. The van der Waals surface area contributed by atoms with Crippen molar-refractivity contribution in [2.75, 3.05) is 13.2 Å². The summed E-state index contributed by atoms with van der Waals surface area (Å²) in [6.45, 7) is -0.265. The zero-order valence-electron chi connectivity index (χ0n) is 11.7. The molecule has 0 aliphatic heterocycles. The van der Waals surface area contributed by atoms with Crippen molar-refractivity contribution >= 4 is 5.91 Å². The first-order chi connectivity index (χ1) is 9.72. The van der Waals surface area contributed by atoms with Crippen molar-refractivity contribution in [1.82, 2.24) is 5.32 Å². The van der Waals surface area contributed by atoms with E-state index in [2.05, 4.69) is 5.32 Å². The molecular formula is C16H23NO3. The van der Waals surface area contributed by atoms with Gasteiger partial charge >= 0.3 is 0 Å². The van der Waals surface area contributed by atoms with Crippen molar-refractivity contribution in [1.29, 1.82) is 0 Å². The Balaban J connectivity index is 2.08. The quantitative estimate of drug-likeness (QED) is 0.769. The van der Waals surface area contributed by atoms with Gasteiger partial charge in [0.25, 0.3) is 5.91 Å². The summed E-state index contributed by atoms with van der Waals surface area (Å²) in [5.41, 5.74) is 1.81. The molecule has 0 saturated heterocycles. The molecule has 1 fully saturated rings. The third-order valence-corrected chi connectivity index (χ3v) is 3.96. The van der Waals surface area contributed by atoms with Crippen molar-refractivity contribution in [3.63, 3.8) is 0 Å². The molecule has 1 aromatic rings. The van der Waals surface area contributed by atoms with Crippen molar-refractivity contribution < 1.29 is 15.0 Å². The van der Waals surface area contributed by atoms with Gasteiger partial charge in [0, 0.05) is 12.1 Å². The van der Waals surface area contributed by atoms with Crippen LogP contribution in [0.5, 0.6) is 0 Å². The molecule has 0 radical (unpaired) electrons. The fourth-order valence-corrected chi connectivity index (χ4v) is 2.84. The van der Waals surface area contributed by atoms with E-state index in [1.165, 1.54) is 19.3 Å². The number of carbonyl (C=O) groups is 1. The Morgan fingerprint density at radius 2 is 1.95 bits per heavy atom. The largest absolute Gasteiger partial charge is 0.394 e. The van der Waals surface area contributed by atoms with Crippen molar-refractivity contribution in [2.45, 2.75) is 44.1 Å². The maximum atomic E-state index is 12.2. The van der Waals surface area contributed by atoms with Crippen molar-refractivity contribution in [2.24, 2.45) is 0 Å². The van der Waals surface area contributed by atoms with Crippen LogP contribution in [0.4, 0.5) is 0 Å². The Hall–Kier alpha value is -1.39. The Kier molecular flexibility index (Phi) is 5.56. The molecule has 4 heteroatoms. The molecule has 0 bridgehead atoms. The average molecular weight is 277 g/mol. The number of amides is 1. The standard InChI is InChI=1S/C16H23NO3/c18-11-13(19)10-17-16(20)15-9-5-4-8-14(15)12-6-2-1-3-7-12/h4-5,8-9,12-13,18-19H,1-3,6-7,10-11H2,(H,17,20). The lowest BCUT2D eigenvalue weighted by atomic mass is 9.82. The van der Waals surface area contributed by atoms with E-state index < -0.39 is 6.10 Å². The third-order valence-electron chi connectivity index (χ3n) is 3.96. The number of aliphatic hydroxyl groups is 2. The highest BCUT2D eigenvalue weighted by molar-refractivity contribution is 5.95. The number of aliphatic hydroxyl groups excluding tert-OH is 2. The van der Waals surface area contributed by atoms with Crippen LogP contribution in [0.3, 0.4) is 0 Å². The summed E-state index contributed by atoms with van der Waals surface area (Å²) in [6.07, 6.45) is 5.12. The van der Waals surface area contributed by atoms with E-state index >= 15 is 0 Å². The predicted octanol–water partition coefficient (Wildman–Crippen LogP) is 1.82. The van der Waals surface area contributed by atoms with Gasteiger partial charge in [0.15, 0.2) is 0 Å². The number of hydrogen-bond acceptors (Lipinski definition) is 3. The van der Waals surface area contributed by atoms with Gasteiger partial charge in [-0.2, -0.15) is 0 Å². The SMILES string of the molecule is O=C(NCC(O)CO)c1ccccc1C1CCCCC1. The smallest absolute Gasteiger partial charge is 0.251 e. The average Bonchev–Trinajstić information content (AvgIpc) is 2.53. The summed E-state index contributed by atoms with van der Waals surface area (Å²) in [7, 11) is 0. The van der Waals surface area contributed by atoms with Gasteiger partial charge in [-0.25, -0.2) is 0 Å². The number of hydrogen-bond donors (Lipinski definition) is 3. The van der Waals surface area contributed by atoms with Crippen LogP contribution in [0.2, 0.25) is 0 Å². The molecule has 1 unspecified atom stereocenters. The molecule has 20 heavy (non-hydrogen) atoms. The van der Waals surface area contributed by atoms with E-state index in [0.717, 1.165) is 18.4 Å². The molecule has 1 aromatic carbocycles. The number of benzene rings is 1. The van der Waals surface area contributed by atoms with E-state index in [1.54, 1.807) is 0 Å². The van der Waals surface area contributed by atoms with Gasteiger partial charge in [0.1, 0.15) is 0 Å². The molecule has 1 saturated carbocycles. The lowest BCUT2D eigenvalue weighted by Crippen LogP contribution is -2.34. The minimum Gasteiger partial charge on any atom is -0.394 e. The second kappa shape index (κ2) is 7.41. The van der Waals surface area contributed by atoms with Crippen LogP contribution in [-0.2, 0) is 0 Å². The molecule has 1 atom stereocenters. The Morgan fingerprint density at radius 3 is 2.65 bits per heavy atom. The van der Waals surface area contributed by atoms with Gasteiger partial charge in [-0.05, 0) is 30.4 Å². The molecule has 4 nitrogen and oxygen atoms in total. The second-order valence-corrected chi connectivity index (χ2v) is 5.47. The maximum Gasteiger partial charge on any atom is 0.251 e. The molecule has 1 aliphatic carbocycles. The van der Waals surface area contributed by atoms with E-state index in [9.17, 15) is 9.90 Å². The minimum absolute atomic E-state index is 0.0777. The Labute approximate surface area is 119 Å². The van der Waals surface area contributed by atoms with Crippen LogP contribution < -0.4 is 5.32 Å². The summed E-state index contributed by atoms with van der Waals surface area (Å²) in [5, 5.41) is 20.8. The van der Waals surface area contributed by atoms with Crippen LogP contribution in [0.15, 0.2) is 24.3 Å². The summed E-state index contributed by atoms with van der Waals surface area (Å²) in [4.78, 5) is 12.2. The van der Waals surface area contributed by atoms with Crippen LogP contribution in [0.1, 0.15) is 53.9 Å². The van der Waals surface area contributed by atoms with E-state index in [1.807, 2.05) is 24.3 Å². The lowest BCUT2D eigenvalue weighted by Gasteiger charge is -2.24. The highest BCUT2D eigenvalue weighted by Gasteiger charge is 2.21. The van der Waals surface area contributed by atoms with Gasteiger partial charge < -0.3 is 15.5 Å². The van der Waals surface area contributed by atoms with E-state index in [4.69, 9.17) is 5.11 Å². The van der Waals surface area contributed by atoms with Crippen molar-refractivity contribution in [3.8, 4) is 0 Å². The van der Waals surface area contributed by atoms with Gasteiger partial charge in [0.2, 0.25) is 0 Å². The first kappa shape index (κ1) is 15.0. The normalized spacial score (nSPS) is 17.7. The third kappa shape index (κ3) is 3.81. The molecule has 0 spiro atoms. The van der Waals surface area contributed by atoms with Crippen molar-refractivity contribution in [3.05, 3.63) is 35.4 Å². The monoisotopic (exact) mass is 277 g/mol. The molecule has 1 amide bonds. The molecule has 3 N–H and O–H groups in total. The first-order valence-electron chi connectivity index (χ1n) is 7.38. The molecule has 0 aromatic heterocycles. The van der Waals surface area contributed by atoms with E-state index in [-0.39, 0.29) is 19.1 Å². The molecule has 0 heterocycles. The van der Waals surface area contributed by atoms with Gasteiger partial charge in [-0.3, -0.25) is 4.79 Å². The maximum absolute atomic E-state index is 12.2. The molecular weight excluding hydrogens is 254 g/mol. The number of nitrogens with one attached hydrogen (secondary N) is 1. The molecule has 110 valence electrons. The number of carbonyl (C=O) groups excluding carboxylic acids is 1. The summed E-state index contributed by atoms with van der Waals surface area (Å²) < 4.78 is 0. The summed E-state index contributed by atoms with van der Waals surface area (Å²) >= 11 is 0. The first-order valence-corrected chi connectivity index (χ1v) is 7.38. The fourth-order valence-electron chi connectivity index (χ4n) is 2.84. The zero-order valence-corrected chi connectivity index (χ0v) is 11.7. The van der Waals surface area contributed by atoms with Crippen LogP contribution >= 0.6 is 0 Å². The van der Waals surface area contributed by atoms with Gasteiger partial charge in [-0.15, -0.1) is 0 Å². The molecule has 2 rings (SSSR count). The summed E-state index contributed by atoms with van der Waals surface area (Å²) in [6, 6.07) is 7.71. The van der Waals surface area contributed by atoms with Crippen LogP contribution in [-0.4, -0.2) is 35.4 Å². The topological polar surface area (TPSA) is 69.6 Å². The Bertz CT molecular complexity index is 441. The van der Waals surface area contributed by atoms with Crippen LogP contribution in [0, 0.1) is 0 Å². The highest BCUT2D eigenvalue weighted by atomic mass is 16.3. The fraction of sp³-hybridized carbons (Fsp3) is 0.562. The predicted molar refractivity (Wildman–Crippen MR) is 77.7 cm³/mol. The number of rotatable bonds is 5. The van der Waals surface area contributed by atoms with Gasteiger partial charge in [0.05, 0.1) is 12.7 Å². The van der Waals surface area contributed by atoms with Crippen LogP contribution in [0.25, 0.3) is 0 Å². The Morgan fingerprint density at radius 1 is 1.25 bits per heavy atom. The molecule has 1 aliphatic rings.